The number of benzene rings is 1. The van der Waals surface area contributed by atoms with Gasteiger partial charge in [0.2, 0.25) is 5.91 Å². The van der Waals surface area contributed by atoms with E-state index in [1.54, 1.807) is 11.8 Å². The Morgan fingerprint density at radius 2 is 1.96 bits per heavy atom. The first kappa shape index (κ1) is 19.1. The minimum atomic E-state index is -0.0485. The molecule has 1 fully saturated rings. The molecule has 3 atom stereocenters. The van der Waals surface area contributed by atoms with Crippen LogP contribution in [0.5, 0.6) is 0 Å². The Kier molecular flexibility index (Phi) is 7.85. The zero-order valence-corrected chi connectivity index (χ0v) is 16.0. The van der Waals surface area contributed by atoms with Crippen molar-refractivity contribution >= 4 is 35.0 Å². The van der Waals surface area contributed by atoms with Crippen LogP contribution < -0.4 is 16.2 Å². The third-order valence-corrected chi connectivity index (χ3v) is 5.91. The number of rotatable bonds is 5. The lowest BCUT2D eigenvalue weighted by Gasteiger charge is -2.35. The minimum absolute atomic E-state index is 0.0485. The van der Waals surface area contributed by atoms with Crippen molar-refractivity contribution in [3.05, 3.63) is 30.3 Å². The molecule has 1 aromatic carbocycles. The van der Waals surface area contributed by atoms with E-state index in [-0.39, 0.29) is 5.91 Å². The van der Waals surface area contributed by atoms with Crippen LogP contribution in [0.4, 0.5) is 0 Å². The number of nitrogens with one attached hydrogen (secondary N) is 3. The molecular weight excluding hydrogens is 338 g/mol. The van der Waals surface area contributed by atoms with Crippen LogP contribution in [-0.2, 0) is 4.79 Å². The maximum atomic E-state index is 11.9. The average Bonchev–Trinajstić information content (AvgIpc) is 2.58. The monoisotopic (exact) mass is 365 g/mol. The van der Waals surface area contributed by atoms with E-state index < -0.39 is 0 Å². The fourth-order valence-electron chi connectivity index (χ4n) is 2.96. The van der Waals surface area contributed by atoms with Gasteiger partial charge in [-0.25, -0.2) is 0 Å². The van der Waals surface area contributed by atoms with Crippen molar-refractivity contribution in [2.24, 2.45) is 11.8 Å². The van der Waals surface area contributed by atoms with Crippen LogP contribution in [0.25, 0.3) is 0 Å². The molecule has 24 heavy (non-hydrogen) atoms. The first-order valence-electron chi connectivity index (χ1n) is 8.59. The molecule has 132 valence electrons. The molecule has 1 aliphatic carbocycles. The Hall–Kier alpha value is -1.27. The summed E-state index contributed by atoms with van der Waals surface area (Å²) in [6.45, 7) is 4.56. The first-order valence-corrected chi connectivity index (χ1v) is 9.99. The fourth-order valence-corrected chi connectivity index (χ4v) is 4.03. The molecule has 0 heterocycles. The van der Waals surface area contributed by atoms with Crippen molar-refractivity contribution in [2.75, 3.05) is 5.75 Å². The second kappa shape index (κ2) is 9.89. The van der Waals surface area contributed by atoms with Gasteiger partial charge in [0.05, 0.1) is 0 Å². The number of hydrogen-bond donors (Lipinski definition) is 3. The molecule has 0 unspecified atom stereocenters. The lowest BCUT2D eigenvalue weighted by atomic mass is 9.78. The SMILES string of the molecule is C[C@@H]1[C@H](C)CCC[C@H]1NC(=S)NNC(=O)CCSc1ccccc1. The van der Waals surface area contributed by atoms with Gasteiger partial charge in [0.1, 0.15) is 0 Å². The van der Waals surface area contributed by atoms with E-state index in [2.05, 4.69) is 30.0 Å². The Labute approximate surface area is 154 Å². The molecule has 0 bridgehead atoms. The van der Waals surface area contributed by atoms with Crippen LogP contribution in [0, 0.1) is 11.8 Å². The zero-order chi connectivity index (χ0) is 17.4. The summed E-state index contributed by atoms with van der Waals surface area (Å²) in [5.74, 6) is 2.00. The molecule has 0 aromatic heterocycles. The molecule has 0 saturated heterocycles. The van der Waals surface area contributed by atoms with Crippen molar-refractivity contribution in [3.63, 3.8) is 0 Å². The number of amides is 1. The maximum absolute atomic E-state index is 11.9. The van der Waals surface area contributed by atoms with E-state index in [1.165, 1.54) is 17.7 Å². The van der Waals surface area contributed by atoms with Gasteiger partial charge in [-0.05, 0) is 42.6 Å². The molecule has 3 N–H and O–H groups in total. The van der Waals surface area contributed by atoms with E-state index in [4.69, 9.17) is 12.2 Å². The smallest absolute Gasteiger partial charge is 0.239 e. The normalized spacial score (nSPS) is 23.3. The lowest BCUT2D eigenvalue weighted by Crippen LogP contribution is -2.52. The van der Waals surface area contributed by atoms with Crippen LogP contribution in [-0.4, -0.2) is 22.8 Å². The van der Waals surface area contributed by atoms with Crippen LogP contribution >= 0.6 is 24.0 Å². The van der Waals surface area contributed by atoms with Crippen molar-refractivity contribution in [1.82, 2.24) is 16.2 Å². The molecule has 0 radical (unpaired) electrons. The Morgan fingerprint density at radius 1 is 1.21 bits per heavy atom. The number of carbonyl (C=O) groups excluding carboxylic acids is 1. The third-order valence-electron chi connectivity index (χ3n) is 4.68. The molecule has 2 rings (SSSR count). The van der Waals surface area contributed by atoms with E-state index in [1.807, 2.05) is 30.3 Å². The van der Waals surface area contributed by atoms with Crippen molar-refractivity contribution in [1.29, 1.82) is 0 Å². The van der Waals surface area contributed by atoms with Crippen LogP contribution in [0.15, 0.2) is 35.2 Å². The highest BCUT2D eigenvalue weighted by Gasteiger charge is 2.27. The summed E-state index contributed by atoms with van der Waals surface area (Å²) < 4.78 is 0. The van der Waals surface area contributed by atoms with Crippen LogP contribution in [0.2, 0.25) is 0 Å². The predicted molar refractivity (Wildman–Crippen MR) is 105 cm³/mol. The summed E-state index contributed by atoms with van der Waals surface area (Å²) >= 11 is 6.97. The Morgan fingerprint density at radius 3 is 2.71 bits per heavy atom. The summed E-state index contributed by atoms with van der Waals surface area (Å²) in [6, 6.07) is 10.5. The van der Waals surface area contributed by atoms with Crippen molar-refractivity contribution in [3.8, 4) is 0 Å². The summed E-state index contributed by atoms with van der Waals surface area (Å²) in [7, 11) is 0. The highest BCUT2D eigenvalue weighted by atomic mass is 32.2. The number of hydrogen-bond acceptors (Lipinski definition) is 3. The Balaban J connectivity index is 1.61. The van der Waals surface area contributed by atoms with Gasteiger partial charge in [0.15, 0.2) is 5.11 Å². The summed E-state index contributed by atoms with van der Waals surface area (Å²) in [5, 5.41) is 3.84. The van der Waals surface area contributed by atoms with Crippen LogP contribution in [0.1, 0.15) is 39.5 Å². The van der Waals surface area contributed by atoms with Gasteiger partial charge in [-0.15, -0.1) is 11.8 Å². The molecule has 1 aromatic rings. The largest absolute Gasteiger partial charge is 0.358 e. The fraction of sp³-hybridized carbons (Fsp3) is 0.556. The molecule has 0 spiro atoms. The number of hydrazine groups is 1. The van der Waals surface area contributed by atoms with Gasteiger partial charge in [-0.1, -0.05) is 44.9 Å². The highest BCUT2D eigenvalue weighted by molar-refractivity contribution is 7.99. The third kappa shape index (κ3) is 6.32. The topological polar surface area (TPSA) is 53.2 Å². The summed E-state index contributed by atoms with van der Waals surface area (Å²) in [6.07, 6.45) is 4.10. The first-order chi connectivity index (χ1) is 11.6. The summed E-state index contributed by atoms with van der Waals surface area (Å²) in [4.78, 5) is 13.0. The number of thioether (sulfide) groups is 1. The van der Waals surface area contributed by atoms with Crippen molar-refractivity contribution < 1.29 is 4.79 Å². The van der Waals surface area contributed by atoms with Gasteiger partial charge in [-0.2, -0.15) is 0 Å². The highest BCUT2D eigenvalue weighted by Crippen LogP contribution is 2.29. The molecular formula is C18H27N3OS2. The van der Waals surface area contributed by atoms with E-state index in [0.717, 1.165) is 12.2 Å². The molecule has 1 saturated carbocycles. The lowest BCUT2D eigenvalue weighted by molar-refractivity contribution is -0.121. The molecule has 0 aliphatic heterocycles. The van der Waals surface area contributed by atoms with Gasteiger partial charge >= 0.3 is 0 Å². The maximum Gasteiger partial charge on any atom is 0.239 e. The molecule has 6 heteroatoms. The second-order valence-electron chi connectivity index (χ2n) is 6.43. The van der Waals surface area contributed by atoms with E-state index in [0.29, 0.717) is 29.4 Å². The standard InChI is InChI=1S/C18H27N3OS2/c1-13-7-6-10-16(14(13)2)19-18(23)21-20-17(22)11-12-24-15-8-4-3-5-9-15/h3-5,8-9,13-14,16H,6-7,10-12H2,1-2H3,(H,20,22)(H2,19,21,23)/t13-,14-,16-/m1/s1. The second-order valence-corrected chi connectivity index (χ2v) is 8.01. The number of thiocarbonyl (C=S) groups is 1. The molecule has 4 nitrogen and oxygen atoms in total. The van der Waals surface area contributed by atoms with Gasteiger partial charge in [-0.3, -0.25) is 15.6 Å². The van der Waals surface area contributed by atoms with E-state index in [9.17, 15) is 4.79 Å². The summed E-state index contributed by atoms with van der Waals surface area (Å²) in [5.41, 5.74) is 5.50. The number of carbonyl (C=O) groups is 1. The molecule has 1 aliphatic rings. The predicted octanol–water partition coefficient (Wildman–Crippen LogP) is 3.49. The quantitative estimate of drug-likeness (QED) is 0.424. The molecule has 1 amide bonds. The zero-order valence-electron chi connectivity index (χ0n) is 14.4. The minimum Gasteiger partial charge on any atom is -0.358 e. The Bertz CT molecular complexity index is 538. The van der Waals surface area contributed by atoms with Gasteiger partial charge < -0.3 is 5.32 Å². The van der Waals surface area contributed by atoms with Crippen LogP contribution in [0.3, 0.4) is 0 Å². The van der Waals surface area contributed by atoms with E-state index >= 15 is 0 Å². The van der Waals surface area contributed by atoms with Gasteiger partial charge in [0, 0.05) is 23.1 Å². The average molecular weight is 366 g/mol. The van der Waals surface area contributed by atoms with Gasteiger partial charge in [0.25, 0.3) is 0 Å². The van der Waals surface area contributed by atoms with Crippen molar-refractivity contribution in [2.45, 2.75) is 50.5 Å².